The largest absolute Gasteiger partial charge is 0.493 e. The van der Waals surface area contributed by atoms with E-state index in [1.807, 2.05) is 4.90 Å². The molecule has 0 aliphatic carbocycles. The normalized spacial score (nSPS) is 13.7. The van der Waals surface area contributed by atoms with Gasteiger partial charge < -0.3 is 19.7 Å². The predicted octanol–water partition coefficient (Wildman–Crippen LogP) is 2.00. The van der Waals surface area contributed by atoms with E-state index in [-0.39, 0.29) is 11.8 Å². The monoisotopic (exact) mass is 332 g/mol. The van der Waals surface area contributed by atoms with Crippen molar-refractivity contribution < 1.29 is 19.1 Å². The first kappa shape index (κ1) is 17.8. The van der Waals surface area contributed by atoms with Crippen molar-refractivity contribution in [3.63, 3.8) is 0 Å². The Morgan fingerprint density at radius 1 is 1.42 bits per heavy atom. The number of carbonyl (C=O) groups excluding carboxylic acids is 2. The number of nitrogens with zero attached hydrogens (tertiary/aromatic N) is 1. The molecule has 0 unspecified atom stereocenters. The Morgan fingerprint density at radius 2 is 2.25 bits per heavy atom. The van der Waals surface area contributed by atoms with Crippen LogP contribution in [0.2, 0.25) is 0 Å². The number of hydrogen-bond acceptors (Lipinski definition) is 4. The lowest BCUT2D eigenvalue weighted by Gasteiger charge is -2.15. The van der Waals surface area contributed by atoms with Gasteiger partial charge in [0.2, 0.25) is 5.91 Å². The Morgan fingerprint density at radius 3 is 2.92 bits per heavy atom. The van der Waals surface area contributed by atoms with Crippen molar-refractivity contribution in [2.24, 2.45) is 0 Å². The van der Waals surface area contributed by atoms with Crippen molar-refractivity contribution >= 4 is 11.8 Å². The summed E-state index contributed by atoms with van der Waals surface area (Å²) in [6.07, 6.45) is 3.97. The Balaban J connectivity index is 1.83. The van der Waals surface area contributed by atoms with Gasteiger partial charge in [-0.2, -0.15) is 0 Å². The lowest BCUT2D eigenvalue weighted by atomic mass is 10.2. The van der Waals surface area contributed by atoms with Crippen LogP contribution in [0.15, 0.2) is 30.9 Å². The maximum Gasteiger partial charge on any atom is 0.251 e. The van der Waals surface area contributed by atoms with Gasteiger partial charge in [0.15, 0.2) is 11.5 Å². The molecular formula is C18H24N2O4. The van der Waals surface area contributed by atoms with Crippen LogP contribution in [0.25, 0.3) is 0 Å². The smallest absolute Gasteiger partial charge is 0.251 e. The number of amides is 2. The van der Waals surface area contributed by atoms with Crippen LogP contribution in [-0.2, 0) is 4.79 Å². The first-order chi connectivity index (χ1) is 11.7. The van der Waals surface area contributed by atoms with E-state index in [0.29, 0.717) is 43.2 Å². The van der Waals surface area contributed by atoms with Gasteiger partial charge in [0, 0.05) is 31.6 Å². The third kappa shape index (κ3) is 4.75. The van der Waals surface area contributed by atoms with E-state index in [9.17, 15) is 9.59 Å². The fourth-order valence-electron chi connectivity index (χ4n) is 2.59. The second-order valence-electron chi connectivity index (χ2n) is 5.56. The third-order valence-corrected chi connectivity index (χ3v) is 3.84. The number of ether oxygens (including phenoxy) is 2. The summed E-state index contributed by atoms with van der Waals surface area (Å²) in [5.41, 5.74) is 0.509. The van der Waals surface area contributed by atoms with Gasteiger partial charge in [0.05, 0.1) is 7.11 Å². The number of hydrogen-bond donors (Lipinski definition) is 1. The van der Waals surface area contributed by atoms with Crippen LogP contribution in [0.5, 0.6) is 11.5 Å². The molecule has 0 aromatic heterocycles. The molecule has 2 amide bonds. The average molecular weight is 332 g/mol. The van der Waals surface area contributed by atoms with Crippen molar-refractivity contribution in [3.05, 3.63) is 36.4 Å². The molecule has 0 saturated carbocycles. The van der Waals surface area contributed by atoms with E-state index in [1.165, 1.54) is 7.11 Å². The van der Waals surface area contributed by atoms with Crippen LogP contribution < -0.4 is 14.8 Å². The molecule has 6 heteroatoms. The van der Waals surface area contributed by atoms with Crippen LogP contribution in [-0.4, -0.2) is 50.1 Å². The number of methoxy groups -OCH3 is 1. The molecule has 1 N–H and O–H groups in total. The maximum absolute atomic E-state index is 12.2. The highest BCUT2D eigenvalue weighted by Crippen LogP contribution is 2.28. The van der Waals surface area contributed by atoms with E-state index >= 15 is 0 Å². The van der Waals surface area contributed by atoms with Crippen molar-refractivity contribution in [2.75, 3.05) is 33.4 Å². The Bertz CT molecular complexity index is 601. The number of nitrogens with one attached hydrogen (secondary N) is 1. The first-order valence-corrected chi connectivity index (χ1v) is 8.13. The molecule has 0 radical (unpaired) electrons. The molecule has 6 nitrogen and oxygen atoms in total. The molecule has 24 heavy (non-hydrogen) atoms. The molecule has 1 aromatic rings. The van der Waals surface area contributed by atoms with E-state index in [1.54, 1.807) is 24.3 Å². The number of likely N-dealkylation sites (tertiary alicyclic amines) is 1. The minimum Gasteiger partial charge on any atom is -0.493 e. The molecule has 1 aliphatic heterocycles. The summed E-state index contributed by atoms with van der Waals surface area (Å²) in [5, 5.41) is 2.86. The fraction of sp³-hybridized carbons (Fsp3) is 0.444. The second kappa shape index (κ2) is 8.96. The van der Waals surface area contributed by atoms with Gasteiger partial charge >= 0.3 is 0 Å². The van der Waals surface area contributed by atoms with Gasteiger partial charge in [0.1, 0.15) is 6.61 Å². The van der Waals surface area contributed by atoms with Crippen LogP contribution >= 0.6 is 0 Å². The zero-order valence-corrected chi connectivity index (χ0v) is 14.0. The van der Waals surface area contributed by atoms with E-state index < -0.39 is 0 Å². The molecule has 1 fully saturated rings. The SMILES string of the molecule is C=CCOc1ccc(C(=O)NCCCN2CCCC2=O)cc1OC. The number of carbonyl (C=O) groups is 2. The van der Waals surface area contributed by atoms with Crippen molar-refractivity contribution in [2.45, 2.75) is 19.3 Å². The van der Waals surface area contributed by atoms with Crippen LogP contribution in [0.4, 0.5) is 0 Å². The van der Waals surface area contributed by atoms with Gasteiger partial charge in [0.25, 0.3) is 5.91 Å². The number of benzene rings is 1. The number of rotatable bonds is 9. The maximum atomic E-state index is 12.2. The lowest BCUT2D eigenvalue weighted by Crippen LogP contribution is -2.30. The van der Waals surface area contributed by atoms with Gasteiger partial charge in [-0.3, -0.25) is 9.59 Å². The minimum absolute atomic E-state index is 0.170. The summed E-state index contributed by atoms with van der Waals surface area (Å²) in [4.78, 5) is 25.6. The average Bonchev–Trinajstić information content (AvgIpc) is 3.01. The molecular weight excluding hydrogens is 308 g/mol. The summed E-state index contributed by atoms with van der Waals surface area (Å²) < 4.78 is 10.7. The van der Waals surface area contributed by atoms with Gasteiger partial charge in [-0.05, 0) is 31.0 Å². The molecule has 1 aliphatic rings. The molecule has 1 aromatic carbocycles. The topological polar surface area (TPSA) is 67.9 Å². The standard InChI is InChI=1S/C18H24N2O4/c1-3-12-24-15-8-7-14(13-16(15)23-2)18(22)19-9-5-11-20-10-4-6-17(20)21/h3,7-8,13H,1,4-6,9-12H2,2H3,(H,19,22). The third-order valence-electron chi connectivity index (χ3n) is 3.84. The Hall–Kier alpha value is -2.50. The quantitative estimate of drug-likeness (QED) is 0.555. The summed E-state index contributed by atoms with van der Waals surface area (Å²) in [6.45, 7) is 6.02. The summed E-state index contributed by atoms with van der Waals surface area (Å²) >= 11 is 0. The molecule has 0 atom stereocenters. The zero-order valence-electron chi connectivity index (χ0n) is 14.0. The van der Waals surface area contributed by atoms with Crippen LogP contribution in [0.1, 0.15) is 29.6 Å². The van der Waals surface area contributed by atoms with Gasteiger partial charge in [-0.25, -0.2) is 0 Å². The molecule has 1 saturated heterocycles. The van der Waals surface area contributed by atoms with Crippen molar-refractivity contribution in [1.29, 1.82) is 0 Å². The predicted molar refractivity (Wildman–Crippen MR) is 91.5 cm³/mol. The lowest BCUT2D eigenvalue weighted by molar-refractivity contribution is -0.127. The Labute approximate surface area is 142 Å². The van der Waals surface area contributed by atoms with Crippen molar-refractivity contribution in [1.82, 2.24) is 10.2 Å². The Kier molecular flexibility index (Phi) is 6.66. The van der Waals surface area contributed by atoms with Crippen molar-refractivity contribution in [3.8, 4) is 11.5 Å². The van der Waals surface area contributed by atoms with Gasteiger partial charge in [-0.15, -0.1) is 0 Å². The van der Waals surface area contributed by atoms with E-state index in [0.717, 1.165) is 19.4 Å². The molecule has 0 bridgehead atoms. The first-order valence-electron chi connectivity index (χ1n) is 8.13. The second-order valence-corrected chi connectivity index (χ2v) is 5.56. The summed E-state index contributed by atoms with van der Waals surface area (Å²) in [5.74, 6) is 1.12. The highest BCUT2D eigenvalue weighted by atomic mass is 16.5. The molecule has 2 rings (SSSR count). The fourth-order valence-corrected chi connectivity index (χ4v) is 2.59. The van der Waals surface area contributed by atoms with E-state index in [4.69, 9.17) is 9.47 Å². The zero-order chi connectivity index (χ0) is 17.4. The van der Waals surface area contributed by atoms with Crippen LogP contribution in [0.3, 0.4) is 0 Å². The summed E-state index contributed by atoms with van der Waals surface area (Å²) in [7, 11) is 1.53. The minimum atomic E-state index is -0.170. The molecule has 1 heterocycles. The molecule has 0 spiro atoms. The van der Waals surface area contributed by atoms with Crippen LogP contribution in [0, 0.1) is 0 Å². The highest BCUT2D eigenvalue weighted by Gasteiger charge is 2.19. The molecule has 130 valence electrons. The highest BCUT2D eigenvalue weighted by molar-refractivity contribution is 5.94. The summed E-state index contributed by atoms with van der Waals surface area (Å²) in [6, 6.07) is 5.05. The van der Waals surface area contributed by atoms with E-state index in [2.05, 4.69) is 11.9 Å². The van der Waals surface area contributed by atoms with Gasteiger partial charge in [-0.1, -0.05) is 12.7 Å².